The van der Waals surface area contributed by atoms with Crippen LogP contribution in [0.4, 0.5) is 0 Å². The van der Waals surface area contributed by atoms with E-state index >= 15 is 0 Å². The van der Waals surface area contributed by atoms with Gasteiger partial charge >= 0.3 is 5.97 Å². The first-order chi connectivity index (χ1) is 23.3. The molecule has 1 atom stereocenters. The number of ether oxygens (including phenoxy) is 3. The van der Waals surface area contributed by atoms with Crippen LogP contribution >= 0.6 is 27.5 Å². The number of carboxylic acids is 1. The summed E-state index contributed by atoms with van der Waals surface area (Å²) in [5.74, 6) is 0.947. The Morgan fingerprint density at radius 3 is 2.65 bits per heavy atom. The van der Waals surface area contributed by atoms with Crippen LogP contribution < -0.4 is 14.2 Å². The summed E-state index contributed by atoms with van der Waals surface area (Å²) >= 11 is 10.3. The Balaban J connectivity index is 1.40. The first-order valence-corrected chi connectivity index (χ1v) is 17.4. The molecular weight excluding hydrogens is 696 g/mol. The molecule has 4 aromatic rings. The molecule has 2 aromatic carbocycles. The molecule has 0 saturated carbocycles. The fourth-order valence-corrected chi connectivity index (χ4v) is 6.34. The summed E-state index contributed by atoms with van der Waals surface area (Å²) < 4.78 is 18.6. The van der Waals surface area contributed by atoms with Gasteiger partial charge in [-0.1, -0.05) is 46.1 Å². The van der Waals surface area contributed by atoms with E-state index in [4.69, 9.17) is 25.8 Å². The van der Waals surface area contributed by atoms with Gasteiger partial charge < -0.3 is 19.3 Å². The second-order valence-corrected chi connectivity index (χ2v) is 12.9. The van der Waals surface area contributed by atoms with Crippen LogP contribution in [-0.2, 0) is 24.6 Å². The van der Waals surface area contributed by atoms with Crippen LogP contribution in [-0.4, -0.2) is 50.5 Å². The number of nitriles is 1. The third kappa shape index (κ3) is 8.64. The van der Waals surface area contributed by atoms with Gasteiger partial charge in [0, 0.05) is 47.7 Å². The van der Waals surface area contributed by atoms with Crippen molar-refractivity contribution in [2.45, 2.75) is 65.3 Å². The van der Waals surface area contributed by atoms with Crippen LogP contribution in [0, 0.1) is 25.2 Å². The van der Waals surface area contributed by atoms with Crippen LogP contribution in [0.25, 0.3) is 11.1 Å². The second kappa shape index (κ2) is 16.8. The number of piperidine rings is 1. The number of hydrogen-bond donors (Lipinski definition) is 1. The second-order valence-electron chi connectivity index (χ2n) is 11.7. The minimum Gasteiger partial charge on any atom is -0.493 e. The molecule has 0 radical (unpaired) electrons. The molecular formula is C37H38BrClN4O5. The largest absolute Gasteiger partial charge is 0.493 e. The summed E-state index contributed by atoms with van der Waals surface area (Å²) in [5, 5.41) is 20.4. The van der Waals surface area contributed by atoms with Crippen molar-refractivity contribution in [2.75, 3.05) is 18.5 Å². The number of rotatable bonds is 14. The molecule has 1 N–H and O–H groups in total. The van der Waals surface area contributed by atoms with Crippen molar-refractivity contribution in [3.05, 3.63) is 99.6 Å². The van der Waals surface area contributed by atoms with Crippen LogP contribution in [0.2, 0.25) is 5.02 Å². The van der Waals surface area contributed by atoms with Crippen molar-refractivity contribution >= 4 is 33.5 Å². The number of aliphatic carboxylic acids is 1. The molecule has 1 saturated heterocycles. The van der Waals surface area contributed by atoms with Gasteiger partial charge in [-0.3, -0.25) is 19.7 Å². The molecule has 2 aromatic heterocycles. The maximum atomic E-state index is 12.0. The Bertz CT molecular complexity index is 1800. The molecule has 0 spiro atoms. The molecule has 9 nitrogen and oxygen atoms in total. The van der Waals surface area contributed by atoms with Crippen molar-refractivity contribution < 1.29 is 24.1 Å². The maximum Gasteiger partial charge on any atom is 0.320 e. The Labute approximate surface area is 294 Å². The zero-order chi connectivity index (χ0) is 34.0. The van der Waals surface area contributed by atoms with E-state index in [0.29, 0.717) is 48.2 Å². The number of carbonyl (C=O) groups is 1. The van der Waals surface area contributed by atoms with Gasteiger partial charge in [0.2, 0.25) is 0 Å². The van der Waals surface area contributed by atoms with Gasteiger partial charge in [0.1, 0.15) is 42.6 Å². The highest BCUT2D eigenvalue weighted by Gasteiger charge is 2.29. The molecule has 48 heavy (non-hydrogen) atoms. The Morgan fingerprint density at radius 1 is 1.04 bits per heavy atom. The van der Waals surface area contributed by atoms with E-state index in [1.807, 2.05) is 30.0 Å². The molecule has 0 aliphatic carbocycles. The van der Waals surface area contributed by atoms with Crippen molar-refractivity contribution in [1.29, 1.82) is 5.26 Å². The summed E-state index contributed by atoms with van der Waals surface area (Å²) in [6.07, 6.45) is 8.22. The number of aromatic nitrogens is 2. The predicted molar refractivity (Wildman–Crippen MR) is 188 cm³/mol. The SMILES string of the molecule is Cc1c(OCCCBr)cccc1-c1ccnc(COc2cc(OCc3cncc(C#N)c3)c(CN3CCCC[C@H]3C(=O)O)cc2Cl)c1C. The van der Waals surface area contributed by atoms with Gasteiger partial charge in [-0.05, 0) is 86.2 Å². The number of carboxylic acid groups (broad SMARTS) is 1. The van der Waals surface area contributed by atoms with Gasteiger partial charge in [-0.2, -0.15) is 5.26 Å². The monoisotopic (exact) mass is 732 g/mol. The molecule has 250 valence electrons. The van der Waals surface area contributed by atoms with Crippen molar-refractivity contribution in [3.8, 4) is 34.4 Å². The smallest absolute Gasteiger partial charge is 0.320 e. The first-order valence-electron chi connectivity index (χ1n) is 15.9. The predicted octanol–water partition coefficient (Wildman–Crippen LogP) is 8.05. The number of benzene rings is 2. The van der Waals surface area contributed by atoms with Crippen molar-refractivity contribution in [1.82, 2.24) is 14.9 Å². The topological polar surface area (TPSA) is 118 Å². The van der Waals surface area contributed by atoms with Gasteiger partial charge in [0.25, 0.3) is 0 Å². The van der Waals surface area contributed by atoms with E-state index in [1.165, 1.54) is 6.20 Å². The van der Waals surface area contributed by atoms with Gasteiger partial charge in [0.05, 0.1) is 22.9 Å². The van der Waals surface area contributed by atoms with E-state index in [9.17, 15) is 15.2 Å². The quantitative estimate of drug-likeness (QED) is 0.101. The van der Waals surface area contributed by atoms with E-state index in [0.717, 1.165) is 69.4 Å². The van der Waals surface area contributed by atoms with Crippen molar-refractivity contribution in [3.63, 3.8) is 0 Å². The van der Waals surface area contributed by atoms with Gasteiger partial charge in [-0.25, -0.2) is 0 Å². The Morgan fingerprint density at radius 2 is 1.85 bits per heavy atom. The minimum absolute atomic E-state index is 0.153. The molecule has 1 fully saturated rings. The average Bonchev–Trinajstić information content (AvgIpc) is 3.09. The maximum absolute atomic E-state index is 12.0. The molecule has 1 aliphatic heterocycles. The van der Waals surface area contributed by atoms with Crippen LogP contribution in [0.1, 0.15) is 59.2 Å². The van der Waals surface area contributed by atoms with Crippen LogP contribution in [0.3, 0.4) is 0 Å². The molecule has 1 aliphatic rings. The summed E-state index contributed by atoms with van der Waals surface area (Å²) in [6, 6.07) is 14.8. The number of likely N-dealkylation sites (tertiary alicyclic amines) is 1. The van der Waals surface area contributed by atoms with Gasteiger partial charge in [0.15, 0.2) is 0 Å². The third-order valence-electron chi connectivity index (χ3n) is 8.49. The average molecular weight is 734 g/mol. The molecule has 5 rings (SSSR count). The van der Waals surface area contributed by atoms with Crippen LogP contribution in [0.15, 0.2) is 61.1 Å². The number of nitrogens with zero attached hydrogens (tertiary/aromatic N) is 4. The first kappa shape index (κ1) is 35.1. The summed E-state index contributed by atoms with van der Waals surface area (Å²) in [5.41, 5.74) is 6.82. The Hall–Kier alpha value is -4.17. The minimum atomic E-state index is -0.836. The molecule has 11 heteroatoms. The third-order valence-corrected chi connectivity index (χ3v) is 9.34. The number of halogens is 2. The highest BCUT2D eigenvalue weighted by Crippen LogP contribution is 2.37. The normalized spacial score (nSPS) is 14.7. The number of pyridine rings is 2. The summed E-state index contributed by atoms with van der Waals surface area (Å²) in [4.78, 5) is 22.7. The van der Waals surface area contributed by atoms with E-state index in [1.54, 1.807) is 30.6 Å². The lowest BCUT2D eigenvalue weighted by Gasteiger charge is -2.33. The fourth-order valence-electron chi connectivity index (χ4n) is 5.87. The fraction of sp³-hybridized carbons (Fsp3) is 0.351. The highest BCUT2D eigenvalue weighted by molar-refractivity contribution is 9.09. The lowest BCUT2D eigenvalue weighted by Crippen LogP contribution is -2.44. The molecule has 0 bridgehead atoms. The summed E-state index contributed by atoms with van der Waals surface area (Å²) in [6.45, 7) is 6.05. The highest BCUT2D eigenvalue weighted by atomic mass is 79.9. The molecule has 0 unspecified atom stereocenters. The lowest BCUT2D eigenvalue weighted by molar-refractivity contribution is -0.144. The van der Waals surface area contributed by atoms with Crippen LogP contribution in [0.5, 0.6) is 17.2 Å². The Kier molecular flexibility index (Phi) is 12.3. The van der Waals surface area contributed by atoms with Gasteiger partial charge in [-0.15, -0.1) is 0 Å². The summed E-state index contributed by atoms with van der Waals surface area (Å²) in [7, 11) is 0. The molecule has 0 amide bonds. The number of alkyl halides is 1. The van der Waals surface area contributed by atoms with E-state index in [-0.39, 0.29) is 13.2 Å². The lowest BCUT2D eigenvalue weighted by atomic mass is 9.96. The van der Waals surface area contributed by atoms with E-state index < -0.39 is 12.0 Å². The molecule has 3 heterocycles. The van der Waals surface area contributed by atoms with Crippen molar-refractivity contribution in [2.24, 2.45) is 0 Å². The van der Waals surface area contributed by atoms with E-state index in [2.05, 4.69) is 45.0 Å². The standard InChI is InChI=1S/C37H38BrClN4O5/c1-24-30(29-7-5-9-34(25(29)2)46-14-6-11-38)10-12-42-32(24)23-48-36-17-35(47-22-27-15-26(18-40)19-41-20-27)28(16-31(36)39)21-43-13-4-3-8-33(43)37(44)45/h5,7,9-10,12,15-17,19-20,33H,3-4,6,8,11,13-14,21-23H2,1-2H3,(H,44,45)/t33-/m0/s1. The number of hydrogen-bond acceptors (Lipinski definition) is 8. The zero-order valence-corrected chi connectivity index (χ0v) is 29.4. The zero-order valence-electron chi connectivity index (χ0n) is 27.0.